The maximum absolute atomic E-state index is 13.8. The van der Waals surface area contributed by atoms with E-state index in [1.165, 1.54) is 25.1 Å². The molecule has 11 nitrogen and oxygen atoms in total. The number of benzene rings is 3. The Morgan fingerprint density at radius 3 is 2.08 bits per heavy atom. The van der Waals surface area contributed by atoms with Gasteiger partial charge in [-0.1, -0.05) is 60.7 Å². The lowest BCUT2D eigenvalue weighted by molar-refractivity contribution is 0.0830. The van der Waals surface area contributed by atoms with Crippen molar-refractivity contribution in [1.82, 2.24) is 25.7 Å². The molecule has 0 fully saturated rings. The number of anilines is 1. The van der Waals surface area contributed by atoms with Crippen molar-refractivity contribution in [2.45, 2.75) is 71.3 Å². The van der Waals surface area contributed by atoms with Crippen LogP contribution in [0.25, 0.3) is 0 Å². The fourth-order valence-electron chi connectivity index (χ4n) is 5.03. The number of carbonyl (C=O) groups excluding carboxylic acids is 2. The zero-order chi connectivity index (χ0) is 34.9. The van der Waals surface area contributed by atoms with Crippen molar-refractivity contribution in [1.29, 1.82) is 0 Å². The molecule has 0 spiro atoms. The normalized spacial score (nSPS) is 13.7. The molecule has 0 aliphatic carbocycles. The van der Waals surface area contributed by atoms with Gasteiger partial charge in [0.15, 0.2) is 0 Å². The van der Waals surface area contributed by atoms with Gasteiger partial charge in [0.05, 0.1) is 41.4 Å². The molecule has 0 radical (unpaired) electrons. The number of rotatable bonds is 15. The quantitative estimate of drug-likeness (QED) is 0.125. The van der Waals surface area contributed by atoms with Crippen LogP contribution in [0.5, 0.6) is 0 Å². The smallest absolute Gasteiger partial charge is 0.251 e. The second-order valence-corrected chi connectivity index (χ2v) is 14.9. The molecule has 1 aromatic heterocycles. The number of carbonyl (C=O) groups is 2. The largest absolute Gasteiger partial charge is 0.390 e. The molecule has 0 unspecified atom stereocenters. The minimum atomic E-state index is -3.71. The first-order chi connectivity index (χ1) is 22.7. The van der Waals surface area contributed by atoms with Crippen LogP contribution in [0.15, 0.2) is 91.3 Å². The minimum Gasteiger partial charge on any atom is -0.390 e. The second-order valence-electron chi connectivity index (χ2n) is 12.8. The first kappa shape index (κ1) is 36.3. The van der Waals surface area contributed by atoms with Gasteiger partial charge in [-0.25, -0.2) is 8.42 Å². The molecule has 4 rings (SSSR count). The maximum atomic E-state index is 13.8. The molecule has 3 aromatic carbocycles. The lowest BCUT2D eigenvalue weighted by Crippen LogP contribution is -2.48. The molecule has 0 saturated carbocycles. The monoisotopic (exact) mass is 674 g/mol. The molecule has 0 bridgehead atoms. The van der Waals surface area contributed by atoms with E-state index in [1.807, 2.05) is 78.5 Å². The van der Waals surface area contributed by atoms with Crippen molar-refractivity contribution in [3.8, 4) is 0 Å². The zero-order valence-electron chi connectivity index (χ0n) is 28.1. The summed E-state index contributed by atoms with van der Waals surface area (Å²) in [7, 11) is -3.71. The van der Waals surface area contributed by atoms with Crippen molar-refractivity contribution in [2.75, 3.05) is 17.0 Å². The number of hydrogen-bond acceptors (Lipinski definition) is 7. The van der Waals surface area contributed by atoms with Crippen molar-refractivity contribution < 1.29 is 23.1 Å². The van der Waals surface area contributed by atoms with E-state index in [0.29, 0.717) is 13.0 Å². The van der Waals surface area contributed by atoms with Gasteiger partial charge in [0.1, 0.15) is 0 Å². The molecule has 0 saturated heterocycles. The van der Waals surface area contributed by atoms with Gasteiger partial charge in [-0.2, -0.15) is 5.10 Å². The number of aliphatic hydroxyl groups is 1. The first-order valence-electron chi connectivity index (χ1n) is 16.0. The third-order valence-corrected chi connectivity index (χ3v) is 9.15. The lowest BCUT2D eigenvalue weighted by atomic mass is 10.00. The Hall–Kier alpha value is -4.52. The number of aromatic nitrogens is 2. The third kappa shape index (κ3) is 10.5. The van der Waals surface area contributed by atoms with E-state index in [0.717, 1.165) is 16.7 Å². The summed E-state index contributed by atoms with van der Waals surface area (Å²) in [5, 5.41) is 24.8. The van der Waals surface area contributed by atoms with Crippen molar-refractivity contribution >= 4 is 27.5 Å². The van der Waals surface area contributed by atoms with E-state index in [-0.39, 0.29) is 40.7 Å². The molecule has 256 valence electrons. The molecule has 4 aromatic rings. The molecule has 0 aliphatic heterocycles. The van der Waals surface area contributed by atoms with Crippen LogP contribution in [0, 0.1) is 0 Å². The van der Waals surface area contributed by atoms with Crippen molar-refractivity contribution in [3.05, 3.63) is 119 Å². The summed E-state index contributed by atoms with van der Waals surface area (Å²) < 4.78 is 29.3. The molecule has 1 heterocycles. The molecule has 5 N–H and O–H groups in total. The van der Waals surface area contributed by atoms with Gasteiger partial charge in [-0.15, -0.1) is 0 Å². The van der Waals surface area contributed by atoms with Crippen molar-refractivity contribution in [2.24, 2.45) is 0 Å². The summed E-state index contributed by atoms with van der Waals surface area (Å²) in [4.78, 5) is 27.2. The Bertz CT molecular complexity index is 1770. The number of hydrogen-bond donors (Lipinski definition) is 5. The van der Waals surface area contributed by atoms with Crippen LogP contribution in [-0.2, 0) is 28.5 Å². The summed E-state index contributed by atoms with van der Waals surface area (Å²) in [6, 6.07) is 22.0. The van der Waals surface area contributed by atoms with E-state index in [4.69, 9.17) is 0 Å². The van der Waals surface area contributed by atoms with Gasteiger partial charge in [-0.3, -0.25) is 19.0 Å². The average Bonchev–Trinajstić information content (AvgIpc) is 3.55. The number of aliphatic hydroxyl groups excluding tert-OH is 1. The van der Waals surface area contributed by atoms with Gasteiger partial charge in [0.2, 0.25) is 10.0 Å². The van der Waals surface area contributed by atoms with E-state index in [9.17, 15) is 23.1 Å². The summed E-state index contributed by atoms with van der Waals surface area (Å²) >= 11 is 0. The van der Waals surface area contributed by atoms with E-state index < -0.39 is 34.0 Å². The van der Waals surface area contributed by atoms with Gasteiger partial charge in [0.25, 0.3) is 11.8 Å². The average molecular weight is 675 g/mol. The Balaban J connectivity index is 1.55. The molecule has 0 aliphatic rings. The number of nitrogens with zero attached hydrogens (tertiary/aromatic N) is 2. The molecule has 2 amide bonds. The third-order valence-electron chi connectivity index (χ3n) is 7.84. The fourth-order valence-corrected chi connectivity index (χ4v) is 5.65. The van der Waals surface area contributed by atoms with E-state index >= 15 is 0 Å². The number of sulfonamides is 1. The molecule has 3 atom stereocenters. The number of amides is 2. The standard InChI is InChI=1S/C36H46N6O5S/c1-6-48(46,47)41-31-19-29(34(44)39-25(2)28-15-11-8-12-16-28)18-30(20-31)35(45)40-32(17-26-13-9-7-10-14-26)33(43)23-37-21-27-22-38-42(24-27)36(3,4)5/h7-16,18-20,22,24-25,32-33,37,41,43H,6,17,21,23H2,1-5H3,(H,39,44)(H,40,45)/t25-,32+,33-/m1/s1. The van der Waals surface area contributed by atoms with Crippen LogP contribution in [-0.4, -0.2) is 59.6 Å². The fraction of sp³-hybridized carbons (Fsp3) is 0.361. The predicted octanol–water partition coefficient (Wildman–Crippen LogP) is 4.38. The summed E-state index contributed by atoms with van der Waals surface area (Å²) in [5.41, 5.74) is 2.86. The highest BCUT2D eigenvalue weighted by atomic mass is 32.2. The highest BCUT2D eigenvalue weighted by molar-refractivity contribution is 7.92. The summed E-state index contributed by atoms with van der Waals surface area (Å²) in [6.07, 6.45) is 3.09. The highest BCUT2D eigenvalue weighted by Crippen LogP contribution is 2.20. The van der Waals surface area contributed by atoms with Crippen molar-refractivity contribution in [3.63, 3.8) is 0 Å². The lowest BCUT2D eigenvalue weighted by Gasteiger charge is -2.25. The van der Waals surface area contributed by atoms with E-state index in [1.54, 1.807) is 6.20 Å². The van der Waals surface area contributed by atoms with Crippen LogP contribution in [0.2, 0.25) is 0 Å². The van der Waals surface area contributed by atoms with Crippen LogP contribution in [0.3, 0.4) is 0 Å². The van der Waals surface area contributed by atoms with Gasteiger partial charge < -0.3 is 21.1 Å². The van der Waals surface area contributed by atoms with Gasteiger partial charge in [-0.05, 0) is 70.4 Å². The topological polar surface area (TPSA) is 154 Å². The van der Waals surface area contributed by atoms with Crippen LogP contribution >= 0.6 is 0 Å². The Morgan fingerprint density at radius 1 is 0.896 bits per heavy atom. The van der Waals surface area contributed by atoms with Gasteiger partial charge >= 0.3 is 0 Å². The molecular formula is C36H46N6O5S. The minimum absolute atomic E-state index is 0.0663. The highest BCUT2D eigenvalue weighted by Gasteiger charge is 2.24. The molecular weight excluding hydrogens is 628 g/mol. The SMILES string of the molecule is CCS(=O)(=O)Nc1cc(C(=O)N[C@@H](Cc2ccccc2)[C@H](O)CNCc2cnn(C(C)(C)C)c2)cc(C(=O)N[C@H](C)c2ccccc2)c1. The summed E-state index contributed by atoms with van der Waals surface area (Å²) in [5.74, 6) is -1.23. The second kappa shape index (κ2) is 16.1. The summed E-state index contributed by atoms with van der Waals surface area (Å²) in [6.45, 7) is 10.2. The van der Waals surface area contributed by atoms with Crippen LogP contribution in [0.1, 0.15) is 78.1 Å². The van der Waals surface area contributed by atoms with Crippen LogP contribution < -0.4 is 20.7 Å². The Kier molecular flexibility index (Phi) is 12.1. The van der Waals surface area contributed by atoms with Crippen LogP contribution in [0.4, 0.5) is 5.69 Å². The maximum Gasteiger partial charge on any atom is 0.251 e. The Labute approximate surface area is 283 Å². The molecule has 12 heteroatoms. The predicted molar refractivity (Wildman–Crippen MR) is 188 cm³/mol. The van der Waals surface area contributed by atoms with Gasteiger partial charge in [0, 0.05) is 36.0 Å². The Morgan fingerprint density at radius 2 is 1.50 bits per heavy atom. The van der Waals surface area contributed by atoms with E-state index in [2.05, 4.69) is 46.5 Å². The first-order valence-corrected chi connectivity index (χ1v) is 17.7. The molecule has 48 heavy (non-hydrogen) atoms. The zero-order valence-corrected chi connectivity index (χ0v) is 28.9. The number of nitrogens with one attached hydrogen (secondary N) is 4.